The van der Waals surface area contributed by atoms with E-state index in [4.69, 9.17) is 0 Å². The average molecular weight is 232 g/mol. The molecule has 1 aliphatic rings. The number of hydrogen-bond donors (Lipinski definition) is 1. The number of aryl methyl sites for hydroxylation is 2. The Morgan fingerprint density at radius 1 is 1.18 bits per heavy atom. The summed E-state index contributed by atoms with van der Waals surface area (Å²) in [5.41, 5.74) is 4.68. The van der Waals surface area contributed by atoms with E-state index < -0.39 is 0 Å². The van der Waals surface area contributed by atoms with Crippen LogP contribution >= 0.6 is 0 Å². The second-order valence-electron chi connectivity index (χ2n) is 5.15. The van der Waals surface area contributed by atoms with Crippen molar-refractivity contribution in [1.29, 1.82) is 0 Å². The Hall–Kier alpha value is -0.860. The van der Waals surface area contributed by atoms with Crippen molar-refractivity contribution >= 4 is 0 Å². The van der Waals surface area contributed by atoms with Crippen LogP contribution < -0.4 is 5.32 Å². The molecule has 0 spiro atoms. The molecule has 1 aromatic carbocycles. The molecule has 2 heteroatoms. The Morgan fingerprint density at radius 2 is 1.94 bits per heavy atom. The number of benzene rings is 1. The summed E-state index contributed by atoms with van der Waals surface area (Å²) in [5.74, 6) is 0. The first-order chi connectivity index (χ1) is 8.29. The third kappa shape index (κ3) is 3.55. The molecule has 0 radical (unpaired) electrons. The van der Waals surface area contributed by atoms with Crippen molar-refractivity contribution in [3.8, 4) is 0 Å². The highest BCUT2D eigenvalue weighted by Crippen LogP contribution is 2.22. The number of fused-ring (bicyclic) bond motifs is 1. The molecule has 94 valence electrons. The summed E-state index contributed by atoms with van der Waals surface area (Å²) in [4.78, 5) is 2.32. The van der Waals surface area contributed by atoms with Gasteiger partial charge in [0.1, 0.15) is 0 Å². The maximum absolute atomic E-state index is 3.18. The van der Waals surface area contributed by atoms with Crippen LogP contribution in [0.1, 0.15) is 29.5 Å². The van der Waals surface area contributed by atoms with Gasteiger partial charge in [-0.1, -0.05) is 18.2 Å². The number of nitrogens with zero attached hydrogens (tertiary/aromatic N) is 1. The molecular formula is C15H24N2. The fourth-order valence-electron chi connectivity index (χ4n) is 2.61. The zero-order valence-electron chi connectivity index (χ0n) is 11.1. The summed E-state index contributed by atoms with van der Waals surface area (Å²) >= 11 is 0. The lowest BCUT2D eigenvalue weighted by Gasteiger charge is -2.18. The molecule has 0 atom stereocenters. The molecule has 0 fully saturated rings. The van der Waals surface area contributed by atoms with Gasteiger partial charge < -0.3 is 5.32 Å². The molecule has 0 amide bonds. The lowest BCUT2D eigenvalue weighted by Crippen LogP contribution is -2.30. The third-order valence-corrected chi connectivity index (χ3v) is 3.62. The predicted molar refractivity (Wildman–Crippen MR) is 73.3 cm³/mol. The van der Waals surface area contributed by atoms with Crippen molar-refractivity contribution in [1.82, 2.24) is 10.2 Å². The number of likely N-dealkylation sites (N-methyl/N-ethyl adjacent to an activating group) is 1. The molecule has 0 bridgehead atoms. The standard InChI is InChI=1S/C15H24N2/c1-16-12-17(2)10-9-13-7-8-14-5-3-4-6-15(14)11-13/h7-8,11,16H,3-6,9-10,12H2,1-2H3. The van der Waals surface area contributed by atoms with Gasteiger partial charge in [-0.05, 0) is 62.9 Å². The Kier molecular flexibility index (Phi) is 4.57. The van der Waals surface area contributed by atoms with Crippen molar-refractivity contribution in [2.45, 2.75) is 32.1 Å². The smallest absolute Gasteiger partial charge is 0.0475 e. The van der Waals surface area contributed by atoms with E-state index in [1.807, 2.05) is 7.05 Å². The Balaban J connectivity index is 1.93. The van der Waals surface area contributed by atoms with E-state index in [0.717, 1.165) is 19.6 Å². The zero-order chi connectivity index (χ0) is 12.1. The van der Waals surface area contributed by atoms with E-state index in [2.05, 4.69) is 35.5 Å². The molecule has 1 N–H and O–H groups in total. The number of hydrogen-bond acceptors (Lipinski definition) is 2. The minimum Gasteiger partial charge on any atom is -0.307 e. The maximum atomic E-state index is 3.18. The summed E-state index contributed by atoms with van der Waals surface area (Å²) in [6, 6.07) is 7.10. The van der Waals surface area contributed by atoms with Gasteiger partial charge in [0.05, 0.1) is 0 Å². The molecule has 2 rings (SSSR count). The van der Waals surface area contributed by atoms with Crippen molar-refractivity contribution in [2.75, 3.05) is 27.3 Å². The minimum atomic E-state index is 0.963. The predicted octanol–water partition coefficient (Wildman–Crippen LogP) is 2.22. The molecule has 0 saturated heterocycles. The van der Waals surface area contributed by atoms with Crippen LogP contribution in [0.2, 0.25) is 0 Å². The molecule has 17 heavy (non-hydrogen) atoms. The van der Waals surface area contributed by atoms with Crippen LogP contribution in [0.25, 0.3) is 0 Å². The lowest BCUT2D eigenvalue weighted by atomic mass is 9.90. The SMILES string of the molecule is CNCN(C)CCc1ccc2c(c1)CCCC2. The number of rotatable bonds is 5. The quantitative estimate of drug-likeness (QED) is 0.783. The summed E-state index contributed by atoms with van der Waals surface area (Å²) in [5, 5.41) is 3.18. The second-order valence-corrected chi connectivity index (χ2v) is 5.15. The van der Waals surface area contributed by atoms with Crippen LogP contribution in [0, 0.1) is 0 Å². The highest BCUT2D eigenvalue weighted by atomic mass is 15.2. The van der Waals surface area contributed by atoms with E-state index in [-0.39, 0.29) is 0 Å². The van der Waals surface area contributed by atoms with Gasteiger partial charge >= 0.3 is 0 Å². The Labute approximate surface area is 105 Å². The minimum absolute atomic E-state index is 0.963. The van der Waals surface area contributed by atoms with Crippen molar-refractivity contribution in [2.24, 2.45) is 0 Å². The molecule has 0 heterocycles. The molecule has 0 saturated carbocycles. The molecule has 0 aliphatic heterocycles. The van der Waals surface area contributed by atoms with Crippen LogP contribution in [-0.4, -0.2) is 32.2 Å². The first kappa shape index (κ1) is 12.6. The molecule has 0 aromatic heterocycles. The first-order valence-electron chi connectivity index (χ1n) is 6.73. The topological polar surface area (TPSA) is 15.3 Å². The van der Waals surface area contributed by atoms with Gasteiger partial charge in [0.15, 0.2) is 0 Å². The van der Waals surface area contributed by atoms with Crippen molar-refractivity contribution in [3.05, 3.63) is 34.9 Å². The van der Waals surface area contributed by atoms with Crippen LogP contribution in [0.5, 0.6) is 0 Å². The summed E-state index contributed by atoms with van der Waals surface area (Å²) in [6.45, 7) is 2.09. The highest BCUT2D eigenvalue weighted by molar-refractivity contribution is 5.33. The van der Waals surface area contributed by atoms with E-state index in [1.165, 1.54) is 31.2 Å². The zero-order valence-corrected chi connectivity index (χ0v) is 11.1. The van der Waals surface area contributed by atoms with Gasteiger partial charge in [0.25, 0.3) is 0 Å². The van der Waals surface area contributed by atoms with Gasteiger partial charge in [0.2, 0.25) is 0 Å². The third-order valence-electron chi connectivity index (χ3n) is 3.62. The van der Waals surface area contributed by atoms with Crippen LogP contribution in [0.4, 0.5) is 0 Å². The van der Waals surface area contributed by atoms with Crippen molar-refractivity contribution in [3.63, 3.8) is 0 Å². The normalized spacial score (nSPS) is 15.0. The molecular weight excluding hydrogens is 208 g/mol. The van der Waals surface area contributed by atoms with E-state index >= 15 is 0 Å². The monoisotopic (exact) mass is 232 g/mol. The van der Waals surface area contributed by atoms with Gasteiger partial charge in [-0.25, -0.2) is 0 Å². The van der Waals surface area contributed by atoms with Crippen LogP contribution in [0.3, 0.4) is 0 Å². The average Bonchev–Trinajstić information content (AvgIpc) is 2.36. The van der Waals surface area contributed by atoms with Crippen molar-refractivity contribution < 1.29 is 0 Å². The van der Waals surface area contributed by atoms with Gasteiger partial charge in [-0.15, -0.1) is 0 Å². The van der Waals surface area contributed by atoms with Gasteiger partial charge in [0, 0.05) is 13.2 Å². The van der Waals surface area contributed by atoms with Crippen LogP contribution in [0.15, 0.2) is 18.2 Å². The summed E-state index contributed by atoms with van der Waals surface area (Å²) in [6.07, 6.45) is 6.48. The van der Waals surface area contributed by atoms with E-state index in [1.54, 1.807) is 11.1 Å². The largest absolute Gasteiger partial charge is 0.307 e. The molecule has 1 aliphatic carbocycles. The first-order valence-corrected chi connectivity index (χ1v) is 6.73. The summed E-state index contributed by atoms with van der Waals surface area (Å²) in [7, 11) is 4.16. The Morgan fingerprint density at radius 3 is 2.71 bits per heavy atom. The lowest BCUT2D eigenvalue weighted by molar-refractivity contribution is 0.321. The van der Waals surface area contributed by atoms with E-state index in [9.17, 15) is 0 Å². The number of nitrogens with one attached hydrogen (secondary N) is 1. The van der Waals surface area contributed by atoms with Gasteiger partial charge in [-0.2, -0.15) is 0 Å². The second kappa shape index (κ2) is 6.18. The molecule has 2 nitrogen and oxygen atoms in total. The summed E-state index contributed by atoms with van der Waals surface area (Å²) < 4.78 is 0. The molecule has 1 aromatic rings. The fraction of sp³-hybridized carbons (Fsp3) is 0.600. The van der Waals surface area contributed by atoms with Gasteiger partial charge in [-0.3, -0.25) is 4.90 Å². The molecule has 0 unspecified atom stereocenters. The van der Waals surface area contributed by atoms with Crippen LogP contribution in [-0.2, 0) is 19.3 Å². The fourth-order valence-corrected chi connectivity index (χ4v) is 2.61. The highest BCUT2D eigenvalue weighted by Gasteiger charge is 2.09. The van der Waals surface area contributed by atoms with E-state index in [0.29, 0.717) is 0 Å². The maximum Gasteiger partial charge on any atom is 0.0475 e. The Bertz CT molecular complexity index is 360.